The Hall–Kier alpha value is -2.34. The minimum absolute atomic E-state index is 0.191. The summed E-state index contributed by atoms with van der Waals surface area (Å²) in [6.07, 6.45) is 2.34. The lowest BCUT2D eigenvalue weighted by Crippen LogP contribution is -2.33. The molecule has 0 spiro atoms. The van der Waals surface area contributed by atoms with Crippen molar-refractivity contribution in [2.24, 2.45) is 7.05 Å². The van der Waals surface area contributed by atoms with Gasteiger partial charge in [0.25, 0.3) is 0 Å². The van der Waals surface area contributed by atoms with Gasteiger partial charge in [0.2, 0.25) is 5.91 Å². The predicted molar refractivity (Wildman–Crippen MR) is 81.5 cm³/mol. The smallest absolute Gasteiger partial charge is 0.330 e. The normalized spacial score (nSPS) is 11.9. The van der Waals surface area contributed by atoms with Crippen molar-refractivity contribution >= 4 is 23.5 Å². The van der Waals surface area contributed by atoms with Gasteiger partial charge in [-0.1, -0.05) is 23.7 Å². The van der Waals surface area contributed by atoms with Crippen LogP contribution in [0.4, 0.5) is 0 Å². The summed E-state index contributed by atoms with van der Waals surface area (Å²) in [5, 5.41) is 16.3. The van der Waals surface area contributed by atoms with E-state index >= 15 is 0 Å². The van der Waals surface area contributed by atoms with Gasteiger partial charge >= 0.3 is 5.97 Å². The van der Waals surface area contributed by atoms with Gasteiger partial charge in [0.05, 0.1) is 0 Å². The van der Waals surface area contributed by atoms with Gasteiger partial charge in [-0.25, -0.2) is 4.79 Å². The van der Waals surface area contributed by atoms with Crippen molar-refractivity contribution in [3.63, 3.8) is 0 Å². The molecule has 0 saturated carbocycles. The molecule has 1 amide bonds. The summed E-state index contributed by atoms with van der Waals surface area (Å²) in [7, 11) is 1.79. The summed E-state index contributed by atoms with van der Waals surface area (Å²) in [5.74, 6) is -1.44. The third kappa shape index (κ3) is 4.08. The van der Waals surface area contributed by atoms with Gasteiger partial charge < -0.3 is 10.4 Å². The van der Waals surface area contributed by atoms with E-state index in [9.17, 15) is 14.7 Å². The topological polar surface area (TPSA) is 84.2 Å². The van der Waals surface area contributed by atoms with Crippen LogP contribution in [0, 0.1) is 0 Å². The van der Waals surface area contributed by atoms with E-state index < -0.39 is 12.0 Å². The van der Waals surface area contributed by atoms with Gasteiger partial charge in [0.15, 0.2) is 6.04 Å². The molecule has 0 fully saturated rings. The summed E-state index contributed by atoms with van der Waals surface area (Å²) in [5.41, 5.74) is 1.39. The number of nitrogens with one attached hydrogen (secondary N) is 1. The monoisotopic (exact) mass is 321 g/mol. The summed E-state index contributed by atoms with van der Waals surface area (Å²) in [6.45, 7) is 0. The van der Waals surface area contributed by atoms with Crippen LogP contribution in [0.2, 0.25) is 5.02 Å². The third-order valence-electron chi connectivity index (χ3n) is 3.29. The molecule has 7 heteroatoms. The minimum Gasteiger partial charge on any atom is -0.479 e. The molecule has 2 rings (SSSR count). The molecule has 2 N–H and O–H groups in total. The molecular weight excluding hydrogens is 306 g/mol. The Kier molecular flexibility index (Phi) is 5.16. The molecular formula is C15H16ClN3O3. The number of carboxylic acids is 1. The van der Waals surface area contributed by atoms with Crippen LogP contribution in [0.3, 0.4) is 0 Å². The molecule has 0 saturated heterocycles. The van der Waals surface area contributed by atoms with Crippen LogP contribution in [-0.4, -0.2) is 26.8 Å². The molecule has 1 unspecified atom stereocenters. The number of halogens is 1. The number of hydrogen-bond acceptors (Lipinski definition) is 3. The van der Waals surface area contributed by atoms with Crippen molar-refractivity contribution in [1.82, 2.24) is 15.1 Å². The highest BCUT2D eigenvalue weighted by molar-refractivity contribution is 6.30. The number of aromatic nitrogens is 2. The average Bonchev–Trinajstić information content (AvgIpc) is 2.89. The van der Waals surface area contributed by atoms with E-state index in [2.05, 4.69) is 10.4 Å². The van der Waals surface area contributed by atoms with E-state index in [0.29, 0.717) is 17.0 Å². The molecule has 1 heterocycles. The lowest BCUT2D eigenvalue weighted by Gasteiger charge is -2.15. The first kappa shape index (κ1) is 16.0. The molecule has 0 aliphatic heterocycles. The summed E-state index contributed by atoms with van der Waals surface area (Å²) >= 11 is 5.78. The number of aryl methyl sites for hydroxylation is 2. The predicted octanol–water partition coefficient (Wildman–Crippen LogP) is 1.95. The first-order chi connectivity index (χ1) is 10.5. The first-order valence-corrected chi connectivity index (χ1v) is 7.09. The molecule has 0 bridgehead atoms. The zero-order chi connectivity index (χ0) is 16.1. The molecule has 0 aliphatic rings. The number of amides is 1. The summed E-state index contributed by atoms with van der Waals surface area (Å²) in [4.78, 5) is 23.3. The zero-order valence-electron chi connectivity index (χ0n) is 12.0. The molecule has 0 aliphatic carbocycles. The Morgan fingerprint density at radius 3 is 2.55 bits per heavy atom. The van der Waals surface area contributed by atoms with Crippen molar-refractivity contribution in [2.45, 2.75) is 18.9 Å². The number of hydrogen-bond donors (Lipinski definition) is 2. The fourth-order valence-electron chi connectivity index (χ4n) is 2.06. The second-order valence-corrected chi connectivity index (χ2v) is 5.27. The maximum atomic E-state index is 12.0. The Morgan fingerprint density at radius 2 is 2.00 bits per heavy atom. The number of carboxylic acid groups (broad SMARTS) is 1. The Morgan fingerprint density at radius 1 is 1.32 bits per heavy atom. The number of carbonyl (C=O) groups is 2. The van der Waals surface area contributed by atoms with Crippen LogP contribution in [0.25, 0.3) is 0 Å². The van der Waals surface area contributed by atoms with E-state index in [4.69, 9.17) is 11.6 Å². The van der Waals surface area contributed by atoms with Gasteiger partial charge in [-0.15, -0.1) is 0 Å². The van der Waals surface area contributed by atoms with Crippen molar-refractivity contribution < 1.29 is 14.7 Å². The van der Waals surface area contributed by atoms with Gasteiger partial charge in [0, 0.05) is 30.4 Å². The Bertz CT molecular complexity index is 667. The van der Waals surface area contributed by atoms with Crippen molar-refractivity contribution in [2.75, 3.05) is 0 Å². The van der Waals surface area contributed by atoms with Crippen molar-refractivity contribution in [3.05, 3.63) is 52.8 Å². The maximum Gasteiger partial charge on any atom is 0.330 e. The second kappa shape index (κ2) is 7.09. The lowest BCUT2D eigenvalue weighted by molar-refractivity contribution is -0.142. The van der Waals surface area contributed by atoms with Crippen molar-refractivity contribution in [3.8, 4) is 0 Å². The first-order valence-electron chi connectivity index (χ1n) is 6.72. The summed E-state index contributed by atoms with van der Waals surface area (Å²) < 4.78 is 1.68. The highest BCUT2D eigenvalue weighted by atomic mass is 35.5. The van der Waals surface area contributed by atoms with E-state index in [1.807, 2.05) is 6.07 Å². The second-order valence-electron chi connectivity index (χ2n) is 4.84. The van der Waals surface area contributed by atoms with Gasteiger partial charge in [0.1, 0.15) is 0 Å². The van der Waals surface area contributed by atoms with Crippen LogP contribution >= 0.6 is 11.6 Å². The van der Waals surface area contributed by atoms with Gasteiger partial charge in [-0.2, -0.15) is 5.10 Å². The van der Waals surface area contributed by atoms with E-state index in [1.165, 1.54) is 0 Å². The van der Waals surface area contributed by atoms with Crippen LogP contribution in [0.1, 0.15) is 23.7 Å². The average molecular weight is 322 g/mol. The maximum absolute atomic E-state index is 12.0. The van der Waals surface area contributed by atoms with Crippen molar-refractivity contribution in [1.29, 1.82) is 0 Å². The lowest BCUT2D eigenvalue weighted by atomic mass is 10.1. The van der Waals surface area contributed by atoms with E-state index in [1.54, 1.807) is 42.2 Å². The van der Waals surface area contributed by atoms with Crippen LogP contribution in [0.5, 0.6) is 0 Å². The SMILES string of the molecule is Cn1nccc1CCC(=O)NC(C(=O)O)c1ccc(Cl)cc1. The fourth-order valence-corrected chi connectivity index (χ4v) is 2.19. The highest BCUT2D eigenvalue weighted by Gasteiger charge is 2.21. The third-order valence-corrected chi connectivity index (χ3v) is 3.54. The molecule has 116 valence electrons. The van der Waals surface area contributed by atoms with E-state index in [0.717, 1.165) is 5.69 Å². The molecule has 1 aromatic carbocycles. The largest absolute Gasteiger partial charge is 0.479 e. The van der Waals surface area contributed by atoms with Gasteiger partial charge in [-0.05, 0) is 30.2 Å². The molecule has 2 aromatic rings. The molecule has 1 aromatic heterocycles. The van der Waals surface area contributed by atoms with Gasteiger partial charge in [-0.3, -0.25) is 9.48 Å². The Labute approximate surface area is 132 Å². The fraction of sp³-hybridized carbons (Fsp3) is 0.267. The van der Waals surface area contributed by atoms with Crippen LogP contribution in [-0.2, 0) is 23.1 Å². The minimum atomic E-state index is -1.11. The number of benzene rings is 1. The van der Waals surface area contributed by atoms with Crippen LogP contribution in [0.15, 0.2) is 36.5 Å². The molecule has 1 atom stereocenters. The quantitative estimate of drug-likeness (QED) is 0.851. The summed E-state index contributed by atoms with van der Waals surface area (Å²) in [6, 6.07) is 7.09. The molecule has 22 heavy (non-hydrogen) atoms. The zero-order valence-corrected chi connectivity index (χ0v) is 12.7. The number of carbonyl (C=O) groups excluding carboxylic acids is 1. The number of rotatable bonds is 6. The molecule has 6 nitrogen and oxygen atoms in total. The number of nitrogens with zero attached hydrogens (tertiary/aromatic N) is 2. The standard InChI is InChI=1S/C15H16ClN3O3/c1-19-12(8-9-17-19)6-7-13(20)18-14(15(21)22)10-2-4-11(16)5-3-10/h2-5,8-9,14H,6-7H2,1H3,(H,18,20)(H,21,22). The highest BCUT2D eigenvalue weighted by Crippen LogP contribution is 2.17. The number of aliphatic carboxylic acids is 1. The van der Waals surface area contributed by atoms with Crippen LogP contribution < -0.4 is 5.32 Å². The van der Waals surface area contributed by atoms with E-state index in [-0.39, 0.29) is 12.3 Å². The molecule has 0 radical (unpaired) electrons. The Balaban J connectivity index is 1.99.